The summed E-state index contributed by atoms with van der Waals surface area (Å²) in [6, 6.07) is 27.2. The Morgan fingerprint density at radius 2 is 0.850 bits per heavy atom. The van der Waals surface area contributed by atoms with E-state index in [1.807, 2.05) is 12.1 Å². The van der Waals surface area contributed by atoms with Crippen LogP contribution in [0.4, 0.5) is 0 Å². The van der Waals surface area contributed by atoms with Crippen LogP contribution in [-0.4, -0.2) is 32.3 Å². The number of hydrogen-bond donors (Lipinski definition) is 0. The standard InChI is InChI=1S/C30H18N4O6/c35-29(36)21-13-11-19(15-23(21)17-7-3-1-4-8-17)25-31-33-27(39-25)28-34-32-26(40-28)20-12-14-22(30(37)38)24(16-20)18-9-5-2-6-10-18/h1-16H,(H,35,36)(H,37,38)/p-2. The monoisotopic (exact) mass is 528 g/mol. The average Bonchev–Trinajstić information content (AvgIpc) is 3.68. The van der Waals surface area contributed by atoms with Crippen molar-refractivity contribution >= 4 is 11.9 Å². The van der Waals surface area contributed by atoms with Gasteiger partial charge in [-0.25, -0.2) is 0 Å². The zero-order valence-electron chi connectivity index (χ0n) is 20.5. The number of aromatic carboxylic acids is 2. The van der Waals surface area contributed by atoms with Gasteiger partial charge in [0.25, 0.3) is 0 Å². The normalized spacial score (nSPS) is 10.9. The molecule has 0 aliphatic rings. The third kappa shape index (κ3) is 4.61. The van der Waals surface area contributed by atoms with Crippen molar-refractivity contribution in [3.05, 3.63) is 108 Å². The number of carboxylic acid groups (broad SMARTS) is 2. The van der Waals surface area contributed by atoms with Gasteiger partial charge in [-0.15, -0.1) is 20.4 Å². The zero-order chi connectivity index (χ0) is 27.6. The first kappa shape index (κ1) is 24.4. The lowest BCUT2D eigenvalue weighted by Gasteiger charge is -2.11. The fraction of sp³-hybridized carbons (Fsp3) is 0. The number of carboxylic acids is 2. The first-order valence-electron chi connectivity index (χ1n) is 12.0. The van der Waals surface area contributed by atoms with Crippen LogP contribution in [0.2, 0.25) is 0 Å². The molecule has 0 atom stereocenters. The summed E-state index contributed by atoms with van der Waals surface area (Å²) < 4.78 is 11.5. The highest BCUT2D eigenvalue weighted by molar-refractivity contribution is 5.96. The van der Waals surface area contributed by atoms with Crippen LogP contribution in [0.25, 0.3) is 56.9 Å². The molecule has 0 amide bonds. The summed E-state index contributed by atoms with van der Waals surface area (Å²) >= 11 is 0. The van der Waals surface area contributed by atoms with Gasteiger partial charge in [0, 0.05) is 22.3 Å². The molecule has 40 heavy (non-hydrogen) atoms. The second kappa shape index (κ2) is 10.1. The Labute approximate surface area is 226 Å². The topological polar surface area (TPSA) is 158 Å². The van der Waals surface area contributed by atoms with E-state index >= 15 is 0 Å². The van der Waals surface area contributed by atoms with Crippen molar-refractivity contribution in [2.75, 3.05) is 0 Å². The van der Waals surface area contributed by atoms with Crippen LogP contribution in [0.1, 0.15) is 20.7 Å². The molecule has 0 saturated carbocycles. The molecule has 6 rings (SSSR count). The zero-order valence-corrected chi connectivity index (χ0v) is 20.5. The number of aromatic nitrogens is 4. The maximum atomic E-state index is 11.7. The van der Waals surface area contributed by atoms with E-state index in [2.05, 4.69) is 20.4 Å². The van der Waals surface area contributed by atoms with Gasteiger partial charge in [0.1, 0.15) is 0 Å². The summed E-state index contributed by atoms with van der Waals surface area (Å²) in [6.45, 7) is 0. The van der Waals surface area contributed by atoms with Gasteiger partial charge in [-0.1, -0.05) is 72.8 Å². The molecule has 0 aliphatic heterocycles. The first-order valence-corrected chi connectivity index (χ1v) is 12.0. The highest BCUT2D eigenvalue weighted by Gasteiger charge is 2.20. The Morgan fingerprint density at radius 1 is 0.475 bits per heavy atom. The molecular weight excluding hydrogens is 512 g/mol. The highest BCUT2D eigenvalue weighted by atomic mass is 16.4. The largest absolute Gasteiger partial charge is 0.545 e. The molecule has 4 aromatic carbocycles. The van der Waals surface area contributed by atoms with Gasteiger partial charge in [-0.05, 0) is 46.5 Å². The predicted octanol–water partition coefficient (Wildman–Crippen LogP) is 3.51. The number of hydrogen-bond acceptors (Lipinski definition) is 10. The minimum atomic E-state index is -1.31. The van der Waals surface area contributed by atoms with Gasteiger partial charge in [0.15, 0.2) is 0 Å². The van der Waals surface area contributed by atoms with Crippen molar-refractivity contribution in [1.82, 2.24) is 20.4 Å². The summed E-state index contributed by atoms with van der Waals surface area (Å²) in [4.78, 5) is 23.4. The molecule has 0 saturated heterocycles. The van der Waals surface area contributed by atoms with Gasteiger partial charge >= 0.3 is 11.8 Å². The summed E-state index contributed by atoms with van der Waals surface area (Å²) in [5.74, 6) is -2.48. The van der Waals surface area contributed by atoms with E-state index in [1.54, 1.807) is 60.7 Å². The van der Waals surface area contributed by atoms with Gasteiger partial charge in [-0.3, -0.25) is 0 Å². The molecule has 0 N–H and O–H groups in total. The second-order valence-electron chi connectivity index (χ2n) is 8.65. The van der Waals surface area contributed by atoms with Gasteiger partial charge in [-0.2, -0.15) is 0 Å². The summed E-state index contributed by atoms with van der Waals surface area (Å²) in [6.07, 6.45) is 0. The van der Waals surface area contributed by atoms with E-state index in [-0.39, 0.29) is 34.7 Å². The predicted molar refractivity (Wildman–Crippen MR) is 138 cm³/mol. The maximum absolute atomic E-state index is 11.7. The molecule has 0 unspecified atom stereocenters. The number of rotatable bonds is 7. The van der Waals surface area contributed by atoms with E-state index < -0.39 is 11.9 Å². The van der Waals surface area contributed by atoms with Crippen molar-refractivity contribution < 1.29 is 28.6 Å². The Balaban J connectivity index is 1.33. The molecule has 0 spiro atoms. The summed E-state index contributed by atoms with van der Waals surface area (Å²) in [7, 11) is 0. The number of benzene rings is 4. The average molecular weight is 528 g/mol. The molecule has 194 valence electrons. The van der Waals surface area contributed by atoms with Crippen LogP contribution < -0.4 is 10.2 Å². The lowest BCUT2D eigenvalue weighted by Crippen LogP contribution is -2.23. The molecule has 0 aliphatic carbocycles. The third-order valence-electron chi connectivity index (χ3n) is 6.18. The van der Waals surface area contributed by atoms with Gasteiger partial charge in [0.05, 0.1) is 11.9 Å². The van der Waals surface area contributed by atoms with E-state index in [9.17, 15) is 19.8 Å². The van der Waals surface area contributed by atoms with Crippen LogP contribution in [0.15, 0.2) is 106 Å². The minimum Gasteiger partial charge on any atom is -0.545 e. The van der Waals surface area contributed by atoms with E-state index in [0.29, 0.717) is 33.4 Å². The van der Waals surface area contributed by atoms with E-state index in [4.69, 9.17) is 8.83 Å². The number of carbonyl (C=O) groups excluding carboxylic acids is 2. The van der Waals surface area contributed by atoms with Crippen molar-refractivity contribution in [3.63, 3.8) is 0 Å². The molecule has 0 bridgehead atoms. The molecule has 6 aromatic rings. The van der Waals surface area contributed by atoms with Crippen LogP contribution >= 0.6 is 0 Å². The second-order valence-corrected chi connectivity index (χ2v) is 8.65. The molecule has 2 aromatic heterocycles. The SMILES string of the molecule is O=C([O-])c1ccc(-c2nnc(-c3nnc(-c4ccc(C(=O)[O-])c(-c5ccccc5)c4)o3)o2)cc1-c1ccccc1. The van der Waals surface area contributed by atoms with Crippen LogP contribution in [0, 0.1) is 0 Å². The van der Waals surface area contributed by atoms with Crippen molar-refractivity contribution in [2.24, 2.45) is 0 Å². The number of carbonyl (C=O) groups is 2. The van der Waals surface area contributed by atoms with Gasteiger partial charge in [0.2, 0.25) is 11.8 Å². The van der Waals surface area contributed by atoms with Crippen LogP contribution in [0.3, 0.4) is 0 Å². The molecular formula is C30H16N4O6-2. The maximum Gasteiger partial charge on any atom is 0.306 e. The molecule has 2 heterocycles. The quantitative estimate of drug-likeness (QED) is 0.300. The van der Waals surface area contributed by atoms with E-state index in [0.717, 1.165) is 0 Å². The lowest BCUT2D eigenvalue weighted by molar-refractivity contribution is -0.256. The summed E-state index contributed by atoms with van der Waals surface area (Å²) in [5, 5.41) is 39.5. The molecule has 10 nitrogen and oxygen atoms in total. The third-order valence-corrected chi connectivity index (χ3v) is 6.18. The minimum absolute atomic E-state index is 0.0239. The Kier molecular flexibility index (Phi) is 6.17. The highest BCUT2D eigenvalue weighted by Crippen LogP contribution is 2.32. The fourth-order valence-corrected chi connectivity index (χ4v) is 4.28. The molecule has 0 fully saturated rings. The fourth-order valence-electron chi connectivity index (χ4n) is 4.28. The first-order chi connectivity index (χ1) is 19.5. The Bertz CT molecular complexity index is 1730. The van der Waals surface area contributed by atoms with Crippen LogP contribution in [0.5, 0.6) is 0 Å². The van der Waals surface area contributed by atoms with Crippen molar-refractivity contribution in [1.29, 1.82) is 0 Å². The molecule has 0 radical (unpaired) electrons. The van der Waals surface area contributed by atoms with Crippen molar-refractivity contribution in [2.45, 2.75) is 0 Å². The lowest BCUT2D eigenvalue weighted by atomic mass is 9.97. The van der Waals surface area contributed by atoms with E-state index in [1.165, 1.54) is 24.3 Å². The van der Waals surface area contributed by atoms with Gasteiger partial charge < -0.3 is 28.6 Å². The molecule has 10 heteroatoms. The summed E-state index contributed by atoms with van der Waals surface area (Å²) in [5.41, 5.74) is 3.25. The number of nitrogens with zero attached hydrogens (tertiary/aromatic N) is 4. The Morgan fingerprint density at radius 3 is 1.23 bits per heavy atom. The van der Waals surface area contributed by atoms with Crippen molar-refractivity contribution in [3.8, 4) is 56.9 Å². The Hall–Kier alpha value is -5.90. The van der Waals surface area contributed by atoms with Crippen LogP contribution in [-0.2, 0) is 0 Å². The smallest absolute Gasteiger partial charge is 0.306 e.